The lowest BCUT2D eigenvalue weighted by Gasteiger charge is -2.17. The zero-order chi connectivity index (χ0) is 24.5. The van der Waals surface area contributed by atoms with E-state index in [2.05, 4.69) is 52.8 Å². The van der Waals surface area contributed by atoms with Crippen molar-refractivity contribution in [1.82, 2.24) is 30.0 Å². The highest BCUT2D eigenvalue weighted by atomic mass is 32.2. The molecular formula is C26H26N6O2S. The van der Waals surface area contributed by atoms with Crippen molar-refractivity contribution < 1.29 is 9.59 Å². The summed E-state index contributed by atoms with van der Waals surface area (Å²) in [7, 11) is 0. The zero-order valence-corrected chi connectivity index (χ0v) is 20.7. The van der Waals surface area contributed by atoms with E-state index in [1.165, 1.54) is 22.2 Å². The Labute approximate surface area is 207 Å². The first-order valence-corrected chi connectivity index (χ1v) is 12.5. The van der Waals surface area contributed by atoms with Gasteiger partial charge >= 0.3 is 6.03 Å². The van der Waals surface area contributed by atoms with E-state index in [1.807, 2.05) is 35.8 Å². The Hall–Kier alpha value is -3.72. The number of hydrogen-bond donors (Lipinski definition) is 1. The minimum absolute atomic E-state index is 0.228. The van der Waals surface area contributed by atoms with Gasteiger partial charge in [0.2, 0.25) is 5.91 Å². The predicted octanol–water partition coefficient (Wildman–Crippen LogP) is 4.52. The summed E-state index contributed by atoms with van der Waals surface area (Å²) in [5.74, 6) is 0.494. The van der Waals surface area contributed by atoms with Gasteiger partial charge in [0, 0.05) is 36.1 Å². The van der Waals surface area contributed by atoms with E-state index in [1.54, 1.807) is 6.92 Å². The Kier molecular flexibility index (Phi) is 6.25. The van der Waals surface area contributed by atoms with Crippen molar-refractivity contribution in [2.45, 2.75) is 37.7 Å². The van der Waals surface area contributed by atoms with Crippen LogP contribution in [0.4, 0.5) is 4.79 Å². The summed E-state index contributed by atoms with van der Waals surface area (Å²) in [4.78, 5) is 30.9. The number of carbonyl (C=O) groups excluding carboxylic acids is 2. The number of imide groups is 1. The van der Waals surface area contributed by atoms with E-state index in [0.717, 1.165) is 33.5 Å². The van der Waals surface area contributed by atoms with Crippen LogP contribution in [0.3, 0.4) is 0 Å². The van der Waals surface area contributed by atoms with Crippen molar-refractivity contribution in [1.29, 1.82) is 0 Å². The summed E-state index contributed by atoms with van der Waals surface area (Å²) in [6, 6.07) is 18.0. The van der Waals surface area contributed by atoms with E-state index >= 15 is 0 Å². The second-order valence-corrected chi connectivity index (χ2v) is 9.78. The van der Waals surface area contributed by atoms with Crippen LogP contribution in [0.2, 0.25) is 0 Å². The molecule has 3 amide bonds. The molecule has 5 rings (SSSR count). The fraction of sp³-hybridized carbons (Fsp3) is 0.269. The van der Waals surface area contributed by atoms with Gasteiger partial charge < -0.3 is 9.88 Å². The summed E-state index contributed by atoms with van der Waals surface area (Å²) in [5.41, 5.74) is 4.90. The van der Waals surface area contributed by atoms with Crippen LogP contribution >= 0.6 is 11.8 Å². The van der Waals surface area contributed by atoms with Gasteiger partial charge in [-0.3, -0.25) is 9.69 Å². The number of thioether (sulfide) groups is 1. The highest BCUT2D eigenvalue weighted by molar-refractivity contribution is 8.00. The van der Waals surface area contributed by atoms with Gasteiger partial charge in [0.05, 0.1) is 16.5 Å². The highest BCUT2D eigenvalue weighted by Crippen LogP contribution is 2.34. The smallest absolute Gasteiger partial charge is 0.324 e. The quantitative estimate of drug-likeness (QED) is 0.403. The number of para-hydroxylation sites is 1. The first-order valence-electron chi connectivity index (χ1n) is 11.6. The fourth-order valence-electron chi connectivity index (χ4n) is 4.20. The van der Waals surface area contributed by atoms with Gasteiger partial charge in [0.25, 0.3) is 0 Å². The number of rotatable bonds is 6. The van der Waals surface area contributed by atoms with Crippen LogP contribution in [-0.4, -0.2) is 54.9 Å². The molecule has 9 heteroatoms. The van der Waals surface area contributed by atoms with E-state index in [4.69, 9.17) is 4.98 Å². The Balaban J connectivity index is 1.54. The van der Waals surface area contributed by atoms with E-state index in [0.29, 0.717) is 24.8 Å². The maximum atomic E-state index is 12.8. The topological polar surface area (TPSA) is 93.0 Å². The maximum absolute atomic E-state index is 12.8. The molecule has 0 unspecified atom stereocenters. The van der Waals surface area contributed by atoms with Crippen LogP contribution in [0.25, 0.3) is 33.5 Å². The molecule has 0 aliphatic carbocycles. The van der Waals surface area contributed by atoms with Gasteiger partial charge in [-0.15, -0.1) is 10.2 Å². The first kappa shape index (κ1) is 23.0. The fourth-order valence-corrected chi connectivity index (χ4v) is 5.18. The average Bonchev–Trinajstić information content (AvgIpc) is 3.48. The molecule has 2 aromatic heterocycles. The number of nitrogens with one attached hydrogen (secondary N) is 1. The van der Waals surface area contributed by atoms with Gasteiger partial charge in [0.15, 0.2) is 11.0 Å². The van der Waals surface area contributed by atoms with Crippen molar-refractivity contribution in [3.8, 4) is 22.6 Å². The predicted molar refractivity (Wildman–Crippen MR) is 137 cm³/mol. The molecule has 1 saturated heterocycles. The molecule has 0 spiro atoms. The number of amides is 3. The van der Waals surface area contributed by atoms with Crippen LogP contribution in [0.1, 0.15) is 19.4 Å². The lowest BCUT2D eigenvalue weighted by Crippen LogP contribution is -2.39. The SMILES string of the molecule is CCn1c(S[C@H](C)C(=O)N2CCNC2=O)nnc1-c1cc(-c2ccc(C)cc2)nc2ccccc12. The minimum Gasteiger partial charge on any atom is -0.336 e. The number of fused-ring (bicyclic) bond motifs is 1. The molecule has 35 heavy (non-hydrogen) atoms. The second kappa shape index (κ2) is 9.50. The summed E-state index contributed by atoms with van der Waals surface area (Å²) in [6.07, 6.45) is 0. The standard InChI is InChI=1S/C26H26N6O2S/c1-4-31-23(29-30-26(31)35-17(3)24(33)32-14-13-27-25(32)34)20-15-22(18-11-9-16(2)10-12-18)28-21-8-6-5-7-19(20)21/h5-12,15,17H,4,13-14H2,1-3H3,(H,27,34)/t17-/m1/s1. The van der Waals surface area contributed by atoms with E-state index < -0.39 is 5.25 Å². The third kappa shape index (κ3) is 4.39. The molecule has 0 saturated carbocycles. The first-order chi connectivity index (χ1) is 17.0. The third-order valence-electron chi connectivity index (χ3n) is 6.09. The Morgan fingerprint density at radius 3 is 2.63 bits per heavy atom. The largest absolute Gasteiger partial charge is 0.336 e. The van der Waals surface area contributed by atoms with Gasteiger partial charge in [-0.05, 0) is 32.9 Å². The molecule has 1 fully saturated rings. The van der Waals surface area contributed by atoms with Crippen molar-refractivity contribution in [3.05, 3.63) is 60.2 Å². The maximum Gasteiger partial charge on any atom is 0.324 e. The van der Waals surface area contributed by atoms with Crippen LogP contribution in [0.5, 0.6) is 0 Å². The average molecular weight is 487 g/mol. The lowest BCUT2D eigenvalue weighted by atomic mass is 10.0. The molecule has 3 heterocycles. The lowest BCUT2D eigenvalue weighted by molar-refractivity contribution is -0.126. The third-order valence-corrected chi connectivity index (χ3v) is 7.16. The number of aryl methyl sites for hydroxylation is 1. The monoisotopic (exact) mass is 486 g/mol. The minimum atomic E-state index is -0.474. The Morgan fingerprint density at radius 1 is 1.14 bits per heavy atom. The van der Waals surface area contributed by atoms with E-state index in [-0.39, 0.29) is 11.9 Å². The number of carbonyl (C=O) groups is 2. The second-order valence-electron chi connectivity index (χ2n) is 8.47. The summed E-state index contributed by atoms with van der Waals surface area (Å²) in [6.45, 7) is 7.39. The van der Waals surface area contributed by atoms with E-state index in [9.17, 15) is 9.59 Å². The van der Waals surface area contributed by atoms with Crippen molar-refractivity contribution in [3.63, 3.8) is 0 Å². The normalized spacial score (nSPS) is 14.4. The number of urea groups is 1. The number of aromatic nitrogens is 4. The van der Waals surface area contributed by atoms with Crippen LogP contribution in [-0.2, 0) is 11.3 Å². The summed E-state index contributed by atoms with van der Waals surface area (Å²) < 4.78 is 2.01. The van der Waals surface area contributed by atoms with Gasteiger partial charge in [-0.25, -0.2) is 9.78 Å². The molecule has 1 aliphatic heterocycles. The molecule has 0 radical (unpaired) electrons. The zero-order valence-electron chi connectivity index (χ0n) is 19.9. The molecule has 2 aromatic carbocycles. The van der Waals surface area contributed by atoms with Gasteiger partial charge in [-0.1, -0.05) is 59.8 Å². The molecule has 1 atom stereocenters. The van der Waals surface area contributed by atoms with Gasteiger partial charge in [-0.2, -0.15) is 0 Å². The van der Waals surface area contributed by atoms with Gasteiger partial charge in [0.1, 0.15) is 0 Å². The van der Waals surface area contributed by atoms with Crippen molar-refractivity contribution in [2.75, 3.05) is 13.1 Å². The van der Waals surface area contributed by atoms with Crippen molar-refractivity contribution >= 4 is 34.6 Å². The number of pyridine rings is 1. The Morgan fingerprint density at radius 2 is 1.91 bits per heavy atom. The molecule has 0 bridgehead atoms. The summed E-state index contributed by atoms with van der Waals surface area (Å²) >= 11 is 1.32. The molecule has 4 aromatic rings. The Bertz CT molecular complexity index is 1420. The van der Waals surface area contributed by atoms with Crippen LogP contribution < -0.4 is 5.32 Å². The summed E-state index contributed by atoms with van der Waals surface area (Å²) in [5, 5.41) is 12.8. The molecule has 1 aliphatic rings. The van der Waals surface area contributed by atoms with Crippen LogP contribution in [0, 0.1) is 6.92 Å². The highest BCUT2D eigenvalue weighted by Gasteiger charge is 2.31. The molecular weight excluding hydrogens is 460 g/mol. The number of nitrogens with zero attached hydrogens (tertiary/aromatic N) is 5. The molecule has 1 N–H and O–H groups in total. The van der Waals surface area contributed by atoms with Crippen molar-refractivity contribution in [2.24, 2.45) is 0 Å². The number of hydrogen-bond acceptors (Lipinski definition) is 6. The number of benzene rings is 2. The molecule has 178 valence electrons. The molecule has 8 nitrogen and oxygen atoms in total. The van der Waals surface area contributed by atoms with Crippen LogP contribution in [0.15, 0.2) is 59.8 Å².